The Kier molecular flexibility index (Phi) is 6.63. The zero-order valence-corrected chi connectivity index (χ0v) is 21.5. The zero-order valence-electron chi connectivity index (χ0n) is 19.9. The van der Waals surface area contributed by atoms with Gasteiger partial charge in [-0.25, -0.2) is 4.99 Å². The first-order valence-corrected chi connectivity index (χ1v) is 13.1. The lowest BCUT2D eigenvalue weighted by molar-refractivity contribution is -0.122. The van der Waals surface area contributed by atoms with E-state index in [-0.39, 0.29) is 5.91 Å². The van der Waals surface area contributed by atoms with Crippen molar-refractivity contribution in [2.75, 3.05) is 29.5 Å². The number of carbonyl (C=O) groups excluding carboxylic acids is 1. The van der Waals surface area contributed by atoms with E-state index in [1.807, 2.05) is 73.5 Å². The van der Waals surface area contributed by atoms with Crippen LogP contribution in [-0.4, -0.2) is 29.6 Å². The summed E-state index contributed by atoms with van der Waals surface area (Å²) in [6, 6.07) is 23.2. The van der Waals surface area contributed by atoms with Gasteiger partial charge >= 0.3 is 0 Å². The van der Waals surface area contributed by atoms with Gasteiger partial charge in [0.15, 0.2) is 5.17 Å². The molecule has 0 spiro atoms. The molecule has 2 aliphatic rings. The average Bonchev–Trinajstić information content (AvgIpc) is 3.37. The lowest BCUT2D eigenvalue weighted by Crippen LogP contribution is -2.29. The van der Waals surface area contributed by atoms with Gasteiger partial charge in [0, 0.05) is 24.2 Å². The minimum Gasteiger partial charge on any atom is -0.399 e. The number of nitriles is 1. The van der Waals surface area contributed by atoms with E-state index in [2.05, 4.69) is 11.4 Å². The number of anilines is 3. The molecule has 5 rings (SSSR count). The Morgan fingerprint density at radius 2 is 1.89 bits per heavy atom. The maximum atomic E-state index is 13.8. The number of fused-ring (bicyclic) bond motifs is 1. The highest BCUT2D eigenvalue weighted by molar-refractivity contribution is 8.19. The van der Waals surface area contributed by atoms with Crippen LogP contribution in [-0.2, 0) is 11.3 Å². The van der Waals surface area contributed by atoms with E-state index in [9.17, 15) is 10.1 Å². The molecule has 180 valence electrons. The maximum absolute atomic E-state index is 13.8. The van der Waals surface area contributed by atoms with Crippen molar-refractivity contribution >= 4 is 57.3 Å². The second-order valence-corrected chi connectivity index (χ2v) is 10.3. The third-order valence-electron chi connectivity index (χ3n) is 5.81. The van der Waals surface area contributed by atoms with E-state index in [4.69, 9.17) is 10.7 Å². The molecule has 0 bridgehead atoms. The summed E-state index contributed by atoms with van der Waals surface area (Å²) in [7, 11) is 1.95. The number of benzene rings is 3. The van der Waals surface area contributed by atoms with Crippen LogP contribution in [0.25, 0.3) is 0 Å². The molecule has 0 radical (unpaired) electrons. The number of carbonyl (C=O) groups is 1. The van der Waals surface area contributed by atoms with Crippen molar-refractivity contribution < 1.29 is 4.79 Å². The summed E-state index contributed by atoms with van der Waals surface area (Å²) in [6.45, 7) is 3.11. The molecule has 3 aromatic rings. The second kappa shape index (κ2) is 10.0. The number of amides is 1. The molecule has 0 unspecified atom stereocenters. The number of aliphatic imine (C=N–C) groups is 1. The number of hydrogen-bond acceptors (Lipinski definition) is 8. The normalized spacial score (nSPS) is 18.0. The van der Waals surface area contributed by atoms with E-state index in [0.29, 0.717) is 40.1 Å². The molecule has 0 aromatic heterocycles. The minimum atomic E-state index is -0.0980. The summed E-state index contributed by atoms with van der Waals surface area (Å²) >= 11 is 2.92. The molecule has 1 fully saturated rings. The quantitative estimate of drug-likeness (QED) is 0.332. The van der Waals surface area contributed by atoms with Gasteiger partial charge in [0.25, 0.3) is 5.91 Å². The Morgan fingerprint density at radius 1 is 1.08 bits per heavy atom. The number of nitrogens with zero attached hydrogens (tertiary/aromatic N) is 4. The Bertz CT molecular complexity index is 1440. The summed E-state index contributed by atoms with van der Waals surface area (Å²) in [5.74, 6) is -0.0980. The molecule has 1 saturated heterocycles. The van der Waals surface area contributed by atoms with Crippen LogP contribution in [0.3, 0.4) is 0 Å². The zero-order chi connectivity index (χ0) is 25.2. The number of thioether (sulfide) groups is 2. The summed E-state index contributed by atoms with van der Waals surface area (Å²) in [6.07, 6.45) is 0. The molecule has 36 heavy (non-hydrogen) atoms. The van der Waals surface area contributed by atoms with E-state index in [0.717, 1.165) is 26.9 Å². The smallest absolute Gasteiger partial charge is 0.269 e. The van der Waals surface area contributed by atoms with E-state index in [1.54, 1.807) is 28.8 Å². The van der Waals surface area contributed by atoms with Gasteiger partial charge in [-0.3, -0.25) is 9.69 Å². The molecule has 3 N–H and O–H groups in total. The molecule has 9 heteroatoms. The number of rotatable bonds is 5. The average molecular weight is 513 g/mol. The van der Waals surface area contributed by atoms with Crippen molar-refractivity contribution in [3.8, 4) is 6.07 Å². The van der Waals surface area contributed by atoms with Crippen molar-refractivity contribution in [2.45, 2.75) is 18.4 Å². The number of nitrogens with two attached hydrogens (primary N) is 1. The van der Waals surface area contributed by atoms with Crippen LogP contribution in [0.5, 0.6) is 0 Å². The molecule has 0 aliphatic carbocycles. The standard InChI is InChI=1S/C27H24N6OS2/c1-3-30-20-11-9-18(15-28)13-21(20)31-27-33(16-17-7-5-4-6-8-17)25(34)24(36-27)26-32(2)22-14-19(29)10-12-23(22)35-26/h4-14,30H,3,16,29H2,1-2H3/b26-24+,31-27?. The first kappa shape index (κ1) is 23.9. The monoisotopic (exact) mass is 512 g/mol. The summed E-state index contributed by atoms with van der Waals surface area (Å²) < 4.78 is 0. The van der Waals surface area contributed by atoms with Gasteiger partial charge in [0.1, 0.15) is 4.91 Å². The fraction of sp³-hybridized carbons (Fsp3) is 0.148. The molecule has 1 amide bonds. The predicted octanol–water partition coefficient (Wildman–Crippen LogP) is 5.75. The SMILES string of the molecule is CCNc1ccc(C#N)cc1N=C1S/C(=C2/Sc3ccc(N)cc3N2C)C(=O)N1Cc1ccccc1. The highest BCUT2D eigenvalue weighted by atomic mass is 32.2. The van der Waals surface area contributed by atoms with Crippen LogP contribution >= 0.6 is 23.5 Å². The predicted molar refractivity (Wildman–Crippen MR) is 149 cm³/mol. The summed E-state index contributed by atoms with van der Waals surface area (Å²) in [4.78, 5) is 24.1. The molecule has 7 nitrogen and oxygen atoms in total. The fourth-order valence-corrected chi connectivity index (χ4v) is 6.34. The fourth-order valence-electron chi connectivity index (χ4n) is 4.02. The van der Waals surface area contributed by atoms with Crippen molar-refractivity contribution in [1.29, 1.82) is 5.26 Å². The van der Waals surface area contributed by atoms with Gasteiger partial charge in [0.2, 0.25) is 0 Å². The van der Waals surface area contributed by atoms with Crippen LogP contribution < -0.4 is 16.0 Å². The molecule has 3 aromatic carbocycles. The molecule has 0 saturated carbocycles. The number of amidine groups is 1. The van der Waals surface area contributed by atoms with Crippen molar-refractivity contribution in [2.24, 2.45) is 4.99 Å². The Hall–Kier alpha value is -3.87. The summed E-state index contributed by atoms with van der Waals surface area (Å²) in [5.41, 5.74) is 10.6. The first-order chi connectivity index (χ1) is 17.5. The molecule has 2 aliphatic heterocycles. The van der Waals surface area contributed by atoms with Crippen molar-refractivity contribution in [1.82, 2.24) is 4.90 Å². The number of nitrogen functional groups attached to an aromatic ring is 1. The summed E-state index contributed by atoms with van der Waals surface area (Å²) in [5, 5.41) is 14.2. The molecule has 2 heterocycles. The van der Waals surface area contributed by atoms with Gasteiger partial charge in [-0.2, -0.15) is 5.26 Å². The van der Waals surface area contributed by atoms with Crippen molar-refractivity contribution in [3.05, 3.63) is 87.8 Å². The van der Waals surface area contributed by atoms with Gasteiger partial charge in [-0.1, -0.05) is 42.1 Å². The lowest BCUT2D eigenvalue weighted by atomic mass is 10.2. The van der Waals surface area contributed by atoms with E-state index in [1.165, 1.54) is 11.8 Å². The molecular weight excluding hydrogens is 488 g/mol. The second-order valence-electron chi connectivity index (χ2n) is 8.27. The third kappa shape index (κ3) is 4.53. The Balaban J connectivity index is 1.59. The van der Waals surface area contributed by atoms with Crippen LogP contribution in [0.2, 0.25) is 0 Å². The molecule has 0 atom stereocenters. The van der Waals surface area contributed by atoms with E-state index < -0.39 is 0 Å². The van der Waals surface area contributed by atoms with Crippen LogP contribution in [0.1, 0.15) is 18.1 Å². The maximum Gasteiger partial charge on any atom is 0.269 e. The van der Waals surface area contributed by atoms with Crippen LogP contribution in [0.4, 0.5) is 22.7 Å². The number of hydrogen-bond donors (Lipinski definition) is 2. The minimum absolute atomic E-state index is 0.0980. The van der Waals surface area contributed by atoms with Gasteiger partial charge in [-0.15, -0.1) is 0 Å². The molecular formula is C27H24N6OS2. The Labute approximate surface area is 218 Å². The third-order valence-corrected chi connectivity index (χ3v) is 8.24. The Morgan fingerprint density at radius 3 is 2.64 bits per heavy atom. The lowest BCUT2D eigenvalue weighted by Gasteiger charge is -2.17. The van der Waals surface area contributed by atoms with E-state index >= 15 is 0 Å². The van der Waals surface area contributed by atoms with Gasteiger partial charge < -0.3 is 16.0 Å². The highest BCUT2D eigenvalue weighted by Gasteiger charge is 2.39. The number of nitrogens with one attached hydrogen (secondary N) is 1. The van der Waals surface area contributed by atoms with Crippen LogP contribution in [0, 0.1) is 11.3 Å². The van der Waals surface area contributed by atoms with Gasteiger partial charge in [0.05, 0.1) is 40.3 Å². The highest BCUT2D eigenvalue weighted by Crippen LogP contribution is 2.51. The largest absolute Gasteiger partial charge is 0.399 e. The first-order valence-electron chi connectivity index (χ1n) is 11.4. The van der Waals surface area contributed by atoms with Gasteiger partial charge in [-0.05, 0) is 60.6 Å². The topological polar surface area (TPSA) is 97.7 Å². The van der Waals surface area contributed by atoms with Crippen LogP contribution in [0.15, 0.2) is 86.6 Å². The van der Waals surface area contributed by atoms with Crippen molar-refractivity contribution in [3.63, 3.8) is 0 Å².